The number of nitro groups is 1. The minimum atomic E-state index is -0.417. The van der Waals surface area contributed by atoms with Crippen molar-refractivity contribution >= 4 is 0 Å². The first kappa shape index (κ1) is 13.8. The summed E-state index contributed by atoms with van der Waals surface area (Å²) in [5, 5.41) is 13.4. The Morgan fingerprint density at radius 2 is 2.47 bits per heavy atom. The van der Waals surface area contributed by atoms with Crippen LogP contribution in [-0.4, -0.2) is 43.2 Å². The molecule has 0 spiro atoms. The molecule has 98 valence electrons. The number of hydrogen-bond donors (Lipinski definition) is 1. The van der Waals surface area contributed by atoms with Gasteiger partial charge in [-0.25, -0.2) is 0 Å². The van der Waals surface area contributed by atoms with Gasteiger partial charge in [-0.05, 0) is 12.8 Å². The van der Waals surface area contributed by atoms with Crippen molar-refractivity contribution < 1.29 is 9.66 Å². The summed E-state index contributed by atoms with van der Waals surface area (Å²) >= 11 is 0. The molecule has 6 nitrogen and oxygen atoms in total. The van der Waals surface area contributed by atoms with Gasteiger partial charge < -0.3 is 15.0 Å². The van der Waals surface area contributed by atoms with Crippen LogP contribution in [0.3, 0.4) is 0 Å². The summed E-state index contributed by atoms with van der Waals surface area (Å²) in [5.74, 6) is 1.05. The molecule has 0 radical (unpaired) electrons. The first-order chi connectivity index (χ1) is 8.17. The second-order valence-corrected chi connectivity index (χ2v) is 4.23. The summed E-state index contributed by atoms with van der Waals surface area (Å²) in [4.78, 5) is 12.2. The highest BCUT2D eigenvalue weighted by atomic mass is 16.6. The summed E-state index contributed by atoms with van der Waals surface area (Å²) in [6.07, 6.45) is 3.03. The van der Waals surface area contributed by atoms with Crippen molar-refractivity contribution in [3.63, 3.8) is 0 Å². The molecule has 1 unspecified atom stereocenters. The Morgan fingerprint density at radius 1 is 1.71 bits per heavy atom. The van der Waals surface area contributed by atoms with Crippen molar-refractivity contribution in [2.45, 2.75) is 19.8 Å². The summed E-state index contributed by atoms with van der Waals surface area (Å²) in [6, 6.07) is 0. The van der Waals surface area contributed by atoms with Gasteiger partial charge in [0.2, 0.25) is 0 Å². The Kier molecular flexibility index (Phi) is 5.76. The zero-order valence-corrected chi connectivity index (χ0v) is 10.5. The van der Waals surface area contributed by atoms with E-state index in [4.69, 9.17) is 4.74 Å². The highest BCUT2D eigenvalue weighted by Gasteiger charge is 2.21. The van der Waals surface area contributed by atoms with E-state index in [1.807, 2.05) is 4.90 Å². The highest BCUT2D eigenvalue weighted by molar-refractivity contribution is 4.94. The van der Waals surface area contributed by atoms with Gasteiger partial charge in [0.15, 0.2) is 5.82 Å². The van der Waals surface area contributed by atoms with Gasteiger partial charge in [0, 0.05) is 32.7 Å². The molecule has 0 amide bonds. The molecule has 1 aliphatic rings. The maximum Gasteiger partial charge on any atom is 0.274 e. The van der Waals surface area contributed by atoms with Gasteiger partial charge in [-0.2, -0.15) is 0 Å². The average molecular weight is 243 g/mol. The molecule has 0 saturated carbocycles. The van der Waals surface area contributed by atoms with Crippen LogP contribution < -0.4 is 5.32 Å². The highest BCUT2D eigenvalue weighted by Crippen LogP contribution is 2.16. The Labute approximate surface area is 102 Å². The van der Waals surface area contributed by atoms with Crippen LogP contribution in [0.4, 0.5) is 0 Å². The van der Waals surface area contributed by atoms with Gasteiger partial charge in [0.05, 0.1) is 11.5 Å². The second kappa shape index (κ2) is 7.11. The molecule has 0 aromatic carbocycles. The van der Waals surface area contributed by atoms with Gasteiger partial charge in [-0.1, -0.05) is 6.92 Å². The second-order valence-electron chi connectivity index (χ2n) is 4.23. The van der Waals surface area contributed by atoms with Crippen molar-refractivity contribution in [2.75, 3.05) is 33.4 Å². The van der Waals surface area contributed by atoms with Crippen molar-refractivity contribution in [3.05, 3.63) is 22.1 Å². The first-order valence-corrected chi connectivity index (χ1v) is 6.03. The molecule has 1 heterocycles. The standard InChI is InChI=1S/C11H21N3O3/c1-3-5-13(7-10-4-6-17-9-10)11(12-2)8-14(15)16/h8,10,12H,3-7,9H2,1-2H3. The Morgan fingerprint density at radius 3 is 2.94 bits per heavy atom. The fourth-order valence-corrected chi connectivity index (χ4v) is 2.02. The third kappa shape index (κ3) is 4.60. The molecule has 1 fully saturated rings. The normalized spacial score (nSPS) is 20.4. The van der Waals surface area contributed by atoms with E-state index >= 15 is 0 Å². The van der Waals surface area contributed by atoms with Crippen LogP contribution in [0.15, 0.2) is 12.0 Å². The molecule has 1 N–H and O–H groups in total. The van der Waals surface area contributed by atoms with Gasteiger partial charge in [0.1, 0.15) is 0 Å². The topological polar surface area (TPSA) is 67.6 Å². The van der Waals surface area contributed by atoms with Crippen LogP contribution in [0.25, 0.3) is 0 Å². The Hall–Kier alpha value is -1.30. The van der Waals surface area contributed by atoms with Crippen molar-refractivity contribution in [1.29, 1.82) is 0 Å². The number of nitrogens with zero attached hydrogens (tertiary/aromatic N) is 2. The van der Waals surface area contributed by atoms with Gasteiger partial charge >= 0.3 is 0 Å². The van der Waals surface area contributed by atoms with Gasteiger partial charge in [-0.3, -0.25) is 10.1 Å². The summed E-state index contributed by atoms with van der Waals surface area (Å²) in [6.45, 7) is 5.26. The minimum absolute atomic E-state index is 0.417. The van der Waals surface area contributed by atoms with Gasteiger partial charge in [0.25, 0.3) is 6.20 Å². The predicted molar refractivity (Wildman–Crippen MR) is 64.9 cm³/mol. The molecule has 17 heavy (non-hydrogen) atoms. The van der Waals surface area contributed by atoms with Crippen LogP contribution in [0.1, 0.15) is 19.8 Å². The van der Waals surface area contributed by atoms with Crippen molar-refractivity contribution in [3.8, 4) is 0 Å². The van der Waals surface area contributed by atoms with Crippen molar-refractivity contribution in [2.24, 2.45) is 5.92 Å². The largest absolute Gasteiger partial charge is 0.381 e. The third-order valence-corrected chi connectivity index (χ3v) is 2.82. The van der Waals surface area contributed by atoms with Crippen LogP contribution in [-0.2, 0) is 4.74 Å². The third-order valence-electron chi connectivity index (χ3n) is 2.82. The number of nitrogens with one attached hydrogen (secondary N) is 1. The van der Waals surface area contributed by atoms with E-state index in [-0.39, 0.29) is 0 Å². The molecule has 0 aromatic rings. The number of rotatable bonds is 7. The van der Waals surface area contributed by atoms with Gasteiger partial charge in [-0.15, -0.1) is 0 Å². The maximum atomic E-state index is 10.6. The quantitative estimate of drug-likeness (QED) is 0.534. The van der Waals surface area contributed by atoms with E-state index in [1.54, 1.807) is 7.05 Å². The predicted octanol–water partition coefficient (Wildman–Crippen LogP) is 1.03. The van der Waals surface area contributed by atoms with E-state index in [9.17, 15) is 10.1 Å². The Bertz CT molecular complexity index is 275. The monoisotopic (exact) mass is 243 g/mol. The number of ether oxygens (including phenoxy) is 1. The molecule has 6 heteroatoms. The summed E-state index contributed by atoms with van der Waals surface area (Å²) in [7, 11) is 1.71. The first-order valence-electron chi connectivity index (χ1n) is 6.03. The molecule has 1 saturated heterocycles. The zero-order valence-electron chi connectivity index (χ0n) is 10.5. The average Bonchev–Trinajstić information content (AvgIpc) is 2.78. The van der Waals surface area contributed by atoms with Crippen LogP contribution in [0.5, 0.6) is 0 Å². The van der Waals surface area contributed by atoms with Crippen molar-refractivity contribution in [1.82, 2.24) is 10.2 Å². The fraction of sp³-hybridized carbons (Fsp3) is 0.818. The summed E-state index contributed by atoms with van der Waals surface area (Å²) < 4.78 is 5.33. The SMILES string of the molecule is CCCN(CC1CCOC1)C(=C[N+](=O)[O-])NC. The molecule has 1 aliphatic heterocycles. The van der Waals surface area contributed by atoms with E-state index in [0.29, 0.717) is 11.7 Å². The lowest BCUT2D eigenvalue weighted by Gasteiger charge is -2.27. The molecule has 0 aliphatic carbocycles. The zero-order chi connectivity index (χ0) is 12.7. The van der Waals surface area contributed by atoms with E-state index < -0.39 is 4.92 Å². The maximum absolute atomic E-state index is 10.6. The molecule has 0 aromatic heterocycles. The molecular formula is C11H21N3O3. The lowest BCUT2D eigenvalue weighted by atomic mass is 10.1. The Balaban J connectivity index is 2.64. The molecular weight excluding hydrogens is 222 g/mol. The smallest absolute Gasteiger partial charge is 0.274 e. The lowest BCUT2D eigenvalue weighted by Crippen LogP contribution is -2.35. The molecule has 1 atom stereocenters. The van der Waals surface area contributed by atoms with E-state index in [2.05, 4.69) is 12.2 Å². The molecule has 0 bridgehead atoms. The fourth-order valence-electron chi connectivity index (χ4n) is 2.02. The minimum Gasteiger partial charge on any atom is -0.381 e. The van der Waals surface area contributed by atoms with Crippen LogP contribution in [0, 0.1) is 16.0 Å². The van der Waals surface area contributed by atoms with Crippen LogP contribution in [0.2, 0.25) is 0 Å². The van der Waals surface area contributed by atoms with Crippen LogP contribution >= 0.6 is 0 Å². The number of hydrogen-bond acceptors (Lipinski definition) is 5. The summed E-state index contributed by atoms with van der Waals surface area (Å²) in [5.41, 5.74) is 0. The lowest BCUT2D eigenvalue weighted by molar-refractivity contribution is -0.404. The van der Waals surface area contributed by atoms with E-state index in [1.165, 1.54) is 0 Å². The van der Waals surface area contributed by atoms with E-state index in [0.717, 1.165) is 45.3 Å². The molecule has 1 rings (SSSR count).